The fraction of sp³-hybridized carbons (Fsp3) is 0.500. The van der Waals surface area contributed by atoms with Crippen LogP contribution in [0.4, 0.5) is 17.6 Å². The van der Waals surface area contributed by atoms with Crippen molar-refractivity contribution in [3.05, 3.63) is 46.8 Å². The number of nitrogens with one attached hydrogen (secondary N) is 1. The Hall–Kier alpha value is -1.11. The van der Waals surface area contributed by atoms with E-state index in [0.717, 1.165) is 12.1 Å². The van der Waals surface area contributed by atoms with Gasteiger partial charge >= 0.3 is 6.18 Å². The molecular weight excluding hydrogens is 332 g/mol. The molecule has 0 spiro atoms. The van der Waals surface area contributed by atoms with Gasteiger partial charge in [-0.2, -0.15) is 13.2 Å². The fourth-order valence-corrected chi connectivity index (χ4v) is 3.08. The standard InChI is InChI=1S/C16H19ClF4N2/c1-2-3-4-13(23-9-7-22-8-10-23)14-11(16(19,20)21)5-6-12(17)15(14)18/h2,5-6,13,22H,1,3-4,7-10H2/t13-/m1/s1. The number of hydrogen-bond donors (Lipinski definition) is 1. The lowest BCUT2D eigenvalue weighted by Gasteiger charge is -2.36. The quantitative estimate of drug-likeness (QED) is 0.625. The third-order valence-electron chi connectivity index (χ3n) is 4.01. The highest BCUT2D eigenvalue weighted by molar-refractivity contribution is 6.30. The van der Waals surface area contributed by atoms with Crippen LogP contribution in [0.1, 0.15) is 30.0 Å². The molecule has 1 aliphatic rings. The Kier molecular flexibility index (Phi) is 6.06. The van der Waals surface area contributed by atoms with Crippen molar-refractivity contribution in [2.24, 2.45) is 0 Å². The monoisotopic (exact) mass is 350 g/mol. The smallest absolute Gasteiger partial charge is 0.314 e. The molecule has 1 atom stereocenters. The van der Waals surface area contributed by atoms with Crippen LogP contribution in [0.3, 0.4) is 0 Å². The van der Waals surface area contributed by atoms with Gasteiger partial charge in [0, 0.05) is 37.8 Å². The Morgan fingerprint density at radius 2 is 1.96 bits per heavy atom. The third kappa shape index (κ3) is 4.25. The average molecular weight is 351 g/mol. The summed E-state index contributed by atoms with van der Waals surface area (Å²) in [7, 11) is 0. The molecule has 0 radical (unpaired) electrons. The van der Waals surface area contributed by atoms with Gasteiger partial charge in [-0.1, -0.05) is 17.7 Å². The number of benzene rings is 1. The molecule has 0 unspecified atom stereocenters. The van der Waals surface area contributed by atoms with E-state index < -0.39 is 23.6 Å². The minimum absolute atomic E-state index is 0.285. The molecule has 0 amide bonds. The van der Waals surface area contributed by atoms with Crippen LogP contribution in [0.2, 0.25) is 5.02 Å². The van der Waals surface area contributed by atoms with Crippen molar-refractivity contribution >= 4 is 11.6 Å². The minimum atomic E-state index is -4.62. The summed E-state index contributed by atoms with van der Waals surface area (Å²) >= 11 is 5.76. The molecule has 2 nitrogen and oxygen atoms in total. The summed E-state index contributed by atoms with van der Waals surface area (Å²) < 4.78 is 54.6. The predicted octanol–water partition coefficient (Wildman–Crippen LogP) is 4.41. The van der Waals surface area contributed by atoms with Gasteiger partial charge in [-0.25, -0.2) is 4.39 Å². The van der Waals surface area contributed by atoms with Crippen LogP contribution in [0.5, 0.6) is 0 Å². The van der Waals surface area contributed by atoms with Crippen molar-refractivity contribution in [1.29, 1.82) is 0 Å². The van der Waals surface area contributed by atoms with Gasteiger partial charge in [0.05, 0.1) is 10.6 Å². The Labute approximate surface area is 138 Å². The van der Waals surface area contributed by atoms with Crippen LogP contribution < -0.4 is 5.32 Å². The molecule has 1 aromatic carbocycles. The minimum Gasteiger partial charge on any atom is -0.314 e. The second kappa shape index (κ2) is 7.64. The van der Waals surface area contributed by atoms with E-state index in [4.69, 9.17) is 11.6 Å². The zero-order chi connectivity index (χ0) is 17.0. The second-order valence-electron chi connectivity index (χ2n) is 5.49. The molecule has 0 bridgehead atoms. The molecule has 23 heavy (non-hydrogen) atoms. The van der Waals surface area contributed by atoms with Crippen molar-refractivity contribution in [3.63, 3.8) is 0 Å². The summed E-state index contributed by atoms with van der Waals surface area (Å²) in [5.41, 5.74) is -1.30. The molecule has 1 aliphatic heterocycles. The van der Waals surface area contributed by atoms with E-state index in [2.05, 4.69) is 11.9 Å². The second-order valence-corrected chi connectivity index (χ2v) is 5.90. The first-order chi connectivity index (χ1) is 10.9. The van der Waals surface area contributed by atoms with Gasteiger partial charge in [0.25, 0.3) is 0 Å². The highest BCUT2D eigenvalue weighted by Gasteiger charge is 2.39. The Morgan fingerprint density at radius 1 is 1.30 bits per heavy atom. The van der Waals surface area contributed by atoms with Crippen LogP contribution >= 0.6 is 11.6 Å². The van der Waals surface area contributed by atoms with E-state index in [0.29, 0.717) is 39.0 Å². The first kappa shape index (κ1) is 18.2. The summed E-state index contributed by atoms with van der Waals surface area (Å²) in [5, 5.41) is 2.86. The predicted molar refractivity (Wildman–Crippen MR) is 83.0 cm³/mol. The van der Waals surface area contributed by atoms with Crippen LogP contribution in [0.15, 0.2) is 24.8 Å². The van der Waals surface area contributed by atoms with E-state index in [9.17, 15) is 17.6 Å². The van der Waals surface area contributed by atoms with E-state index in [1.54, 1.807) is 6.08 Å². The number of piperazine rings is 1. The van der Waals surface area contributed by atoms with Crippen molar-refractivity contribution in [1.82, 2.24) is 10.2 Å². The van der Waals surface area contributed by atoms with E-state index in [1.807, 2.05) is 4.90 Å². The summed E-state index contributed by atoms with van der Waals surface area (Å²) in [5.74, 6) is -0.978. The number of allylic oxidation sites excluding steroid dienone is 1. The highest BCUT2D eigenvalue weighted by Crippen LogP contribution is 2.41. The lowest BCUT2D eigenvalue weighted by atomic mass is 9.93. The molecule has 0 aliphatic carbocycles. The molecule has 0 saturated carbocycles. The number of alkyl halides is 3. The van der Waals surface area contributed by atoms with Gasteiger partial charge in [-0.05, 0) is 25.0 Å². The van der Waals surface area contributed by atoms with Crippen LogP contribution in [0.25, 0.3) is 0 Å². The van der Waals surface area contributed by atoms with Gasteiger partial charge in [0.2, 0.25) is 0 Å². The number of hydrogen-bond acceptors (Lipinski definition) is 2. The van der Waals surface area contributed by atoms with Gasteiger partial charge in [-0.15, -0.1) is 6.58 Å². The van der Waals surface area contributed by atoms with Gasteiger partial charge in [0.1, 0.15) is 5.82 Å². The topological polar surface area (TPSA) is 15.3 Å². The van der Waals surface area contributed by atoms with E-state index >= 15 is 0 Å². The molecule has 7 heteroatoms. The van der Waals surface area contributed by atoms with Crippen molar-refractivity contribution in [2.45, 2.75) is 25.1 Å². The maximum Gasteiger partial charge on any atom is 0.416 e. The summed E-state index contributed by atoms with van der Waals surface area (Å²) in [6.45, 7) is 6.05. The molecule has 0 aromatic heterocycles. The molecule has 2 rings (SSSR count). The Balaban J connectivity index is 2.51. The van der Waals surface area contributed by atoms with Gasteiger partial charge in [0.15, 0.2) is 0 Å². The first-order valence-corrected chi connectivity index (χ1v) is 7.84. The maximum atomic E-state index is 14.5. The Morgan fingerprint density at radius 3 is 2.52 bits per heavy atom. The largest absolute Gasteiger partial charge is 0.416 e. The summed E-state index contributed by atoms with van der Waals surface area (Å²) in [6.07, 6.45) is -2.13. The number of nitrogens with zero attached hydrogens (tertiary/aromatic N) is 1. The third-order valence-corrected chi connectivity index (χ3v) is 4.30. The van der Waals surface area contributed by atoms with E-state index in [1.165, 1.54) is 0 Å². The van der Waals surface area contributed by atoms with Crippen LogP contribution in [-0.4, -0.2) is 31.1 Å². The SMILES string of the molecule is C=CCC[C@H](c1c(C(F)(F)F)ccc(Cl)c1F)N1CCNCC1. The fourth-order valence-electron chi connectivity index (χ4n) is 2.92. The maximum absolute atomic E-state index is 14.5. The van der Waals surface area contributed by atoms with Crippen molar-refractivity contribution in [2.75, 3.05) is 26.2 Å². The molecule has 1 N–H and O–H groups in total. The van der Waals surface area contributed by atoms with E-state index in [-0.39, 0.29) is 10.6 Å². The number of rotatable bonds is 5. The molecule has 1 fully saturated rings. The molecule has 128 valence electrons. The normalized spacial score (nSPS) is 18.0. The highest BCUT2D eigenvalue weighted by atomic mass is 35.5. The molecule has 1 heterocycles. The van der Waals surface area contributed by atoms with Crippen LogP contribution in [-0.2, 0) is 6.18 Å². The van der Waals surface area contributed by atoms with Crippen molar-refractivity contribution < 1.29 is 17.6 Å². The van der Waals surface area contributed by atoms with Crippen molar-refractivity contribution in [3.8, 4) is 0 Å². The molecular formula is C16H19ClF4N2. The zero-order valence-electron chi connectivity index (χ0n) is 12.6. The lowest BCUT2D eigenvalue weighted by Crippen LogP contribution is -2.45. The van der Waals surface area contributed by atoms with Gasteiger partial charge in [-0.3, -0.25) is 4.90 Å². The summed E-state index contributed by atoms with van der Waals surface area (Å²) in [6, 6.07) is 1.15. The molecule has 1 saturated heterocycles. The number of halogens is 5. The summed E-state index contributed by atoms with van der Waals surface area (Å²) in [4.78, 5) is 1.88. The lowest BCUT2D eigenvalue weighted by molar-refractivity contribution is -0.139. The van der Waals surface area contributed by atoms with Crippen LogP contribution in [0, 0.1) is 5.82 Å². The first-order valence-electron chi connectivity index (χ1n) is 7.47. The molecule has 1 aromatic rings. The average Bonchev–Trinajstić information content (AvgIpc) is 2.51. The Bertz CT molecular complexity index is 554. The van der Waals surface area contributed by atoms with Gasteiger partial charge < -0.3 is 5.32 Å². The zero-order valence-corrected chi connectivity index (χ0v) is 13.4.